The van der Waals surface area contributed by atoms with Gasteiger partial charge in [-0.15, -0.1) is 0 Å². The minimum absolute atomic E-state index is 0.0765. The van der Waals surface area contributed by atoms with Crippen molar-refractivity contribution >= 4 is 11.6 Å². The van der Waals surface area contributed by atoms with Crippen LogP contribution < -0.4 is 10.6 Å². The van der Waals surface area contributed by atoms with Crippen LogP contribution in [0.3, 0.4) is 0 Å². The van der Waals surface area contributed by atoms with Crippen molar-refractivity contribution in [2.75, 3.05) is 51.2 Å². The predicted molar refractivity (Wildman–Crippen MR) is 91.3 cm³/mol. The SMILES string of the molecule is CCN1CCN(c2ccc(C(=O)N(C)C(C)CN)cc2F)CC1. The molecular formula is C17H27FN4O. The Morgan fingerprint density at radius 1 is 1.35 bits per heavy atom. The maximum Gasteiger partial charge on any atom is 0.253 e. The van der Waals surface area contributed by atoms with E-state index in [1.165, 1.54) is 6.07 Å². The second kappa shape index (κ2) is 7.75. The summed E-state index contributed by atoms with van der Waals surface area (Å²) in [4.78, 5) is 18.3. The van der Waals surface area contributed by atoms with Gasteiger partial charge in [-0.3, -0.25) is 4.79 Å². The molecule has 2 rings (SSSR count). The molecule has 1 saturated heterocycles. The Morgan fingerprint density at radius 2 is 2.00 bits per heavy atom. The third kappa shape index (κ3) is 4.00. The fraction of sp³-hybridized carbons (Fsp3) is 0.588. The van der Waals surface area contributed by atoms with Crippen LogP contribution in [0.5, 0.6) is 0 Å². The van der Waals surface area contributed by atoms with Gasteiger partial charge in [0.25, 0.3) is 5.91 Å². The standard InChI is InChI=1S/C17H27FN4O/c1-4-21-7-9-22(10-8-21)16-6-5-14(11-15(16)18)17(23)20(3)13(2)12-19/h5-6,11,13H,4,7-10,12,19H2,1-3H3. The van der Waals surface area contributed by atoms with Gasteiger partial charge < -0.3 is 20.4 Å². The molecule has 23 heavy (non-hydrogen) atoms. The van der Waals surface area contributed by atoms with Crippen LogP contribution in [0.2, 0.25) is 0 Å². The molecule has 0 aliphatic carbocycles. The number of nitrogens with zero attached hydrogens (tertiary/aromatic N) is 3. The van der Waals surface area contributed by atoms with Gasteiger partial charge >= 0.3 is 0 Å². The van der Waals surface area contributed by atoms with E-state index in [1.54, 1.807) is 24.1 Å². The summed E-state index contributed by atoms with van der Waals surface area (Å²) in [5.74, 6) is -0.543. The molecule has 1 atom stereocenters. The lowest BCUT2D eigenvalue weighted by Gasteiger charge is -2.35. The predicted octanol–water partition coefficient (Wildman–Crippen LogP) is 1.39. The average molecular weight is 322 g/mol. The average Bonchev–Trinajstić information content (AvgIpc) is 2.59. The number of amides is 1. The highest BCUT2D eigenvalue weighted by Crippen LogP contribution is 2.22. The summed E-state index contributed by atoms with van der Waals surface area (Å²) < 4.78 is 14.5. The van der Waals surface area contributed by atoms with Gasteiger partial charge in [-0.05, 0) is 31.7 Å². The summed E-state index contributed by atoms with van der Waals surface area (Å²) in [6.45, 7) is 8.90. The van der Waals surface area contributed by atoms with Gasteiger partial charge in [0.1, 0.15) is 5.82 Å². The number of hydrogen-bond donors (Lipinski definition) is 1. The molecule has 1 unspecified atom stereocenters. The molecule has 0 saturated carbocycles. The minimum Gasteiger partial charge on any atom is -0.367 e. The number of carbonyl (C=O) groups excluding carboxylic acids is 1. The second-order valence-corrected chi connectivity index (χ2v) is 6.09. The zero-order chi connectivity index (χ0) is 17.0. The lowest BCUT2D eigenvalue weighted by atomic mass is 10.1. The van der Waals surface area contributed by atoms with E-state index in [4.69, 9.17) is 5.73 Å². The summed E-state index contributed by atoms with van der Waals surface area (Å²) in [5.41, 5.74) is 6.52. The van der Waals surface area contributed by atoms with Crippen molar-refractivity contribution in [3.8, 4) is 0 Å². The highest BCUT2D eigenvalue weighted by atomic mass is 19.1. The molecule has 1 aromatic rings. The highest BCUT2D eigenvalue weighted by molar-refractivity contribution is 5.94. The summed E-state index contributed by atoms with van der Waals surface area (Å²) in [6, 6.07) is 4.67. The molecule has 5 nitrogen and oxygen atoms in total. The molecule has 6 heteroatoms. The van der Waals surface area contributed by atoms with Crippen LogP contribution in [0.25, 0.3) is 0 Å². The van der Waals surface area contributed by atoms with Crippen LogP contribution in [0, 0.1) is 5.82 Å². The van der Waals surface area contributed by atoms with Gasteiger partial charge in [0.2, 0.25) is 0 Å². The lowest BCUT2D eigenvalue weighted by Crippen LogP contribution is -2.46. The van der Waals surface area contributed by atoms with Crippen LogP contribution in [0.15, 0.2) is 18.2 Å². The number of anilines is 1. The molecule has 1 fully saturated rings. The quantitative estimate of drug-likeness (QED) is 0.890. The number of piperazine rings is 1. The van der Waals surface area contributed by atoms with Crippen molar-refractivity contribution in [2.24, 2.45) is 5.73 Å². The van der Waals surface area contributed by atoms with Gasteiger partial charge in [0, 0.05) is 51.4 Å². The van der Waals surface area contributed by atoms with Crippen LogP contribution in [-0.4, -0.2) is 68.1 Å². The van der Waals surface area contributed by atoms with E-state index >= 15 is 0 Å². The van der Waals surface area contributed by atoms with E-state index in [0.29, 0.717) is 17.8 Å². The number of halogens is 1. The molecule has 2 N–H and O–H groups in total. The second-order valence-electron chi connectivity index (χ2n) is 6.09. The molecule has 1 heterocycles. The third-order valence-corrected chi connectivity index (χ3v) is 4.68. The van der Waals surface area contributed by atoms with Gasteiger partial charge in [-0.25, -0.2) is 4.39 Å². The van der Waals surface area contributed by atoms with E-state index in [2.05, 4.69) is 11.8 Å². The zero-order valence-electron chi connectivity index (χ0n) is 14.3. The third-order valence-electron chi connectivity index (χ3n) is 4.68. The van der Waals surface area contributed by atoms with Gasteiger partial charge in [0.05, 0.1) is 5.69 Å². The first-order valence-corrected chi connectivity index (χ1v) is 8.22. The number of nitrogens with two attached hydrogens (primary N) is 1. The number of carbonyl (C=O) groups is 1. The Hall–Kier alpha value is -1.66. The molecule has 0 spiro atoms. The molecule has 1 aliphatic rings. The maximum absolute atomic E-state index is 14.5. The molecule has 0 aromatic heterocycles. The topological polar surface area (TPSA) is 52.8 Å². The summed E-state index contributed by atoms with van der Waals surface area (Å²) in [6.07, 6.45) is 0. The first-order valence-electron chi connectivity index (χ1n) is 8.22. The fourth-order valence-electron chi connectivity index (χ4n) is 2.76. The largest absolute Gasteiger partial charge is 0.367 e. The zero-order valence-corrected chi connectivity index (χ0v) is 14.3. The monoisotopic (exact) mass is 322 g/mol. The molecule has 0 bridgehead atoms. The summed E-state index contributed by atoms with van der Waals surface area (Å²) in [7, 11) is 1.69. The van der Waals surface area contributed by atoms with E-state index < -0.39 is 0 Å². The van der Waals surface area contributed by atoms with Gasteiger partial charge in [-0.1, -0.05) is 6.92 Å². The molecule has 1 amide bonds. The minimum atomic E-state index is -0.338. The van der Waals surface area contributed by atoms with E-state index in [-0.39, 0.29) is 17.8 Å². The van der Waals surface area contributed by atoms with Crippen LogP contribution in [0.1, 0.15) is 24.2 Å². The van der Waals surface area contributed by atoms with Crippen molar-refractivity contribution in [1.82, 2.24) is 9.80 Å². The van der Waals surface area contributed by atoms with Crippen molar-refractivity contribution in [2.45, 2.75) is 19.9 Å². The fourth-order valence-corrected chi connectivity index (χ4v) is 2.76. The Morgan fingerprint density at radius 3 is 2.52 bits per heavy atom. The van der Waals surface area contributed by atoms with E-state index in [0.717, 1.165) is 32.7 Å². The lowest BCUT2D eigenvalue weighted by molar-refractivity contribution is 0.0748. The first kappa shape index (κ1) is 17.7. The van der Waals surface area contributed by atoms with Gasteiger partial charge in [0.15, 0.2) is 0 Å². The molecule has 0 radical (unpaired) electrons. The van der Waals surface area contributed by atoms with Crippen molar-refractivity contribution in [3.63, 3.8) is 0 Å². The molecule has 1 aromatic carbocycles. The van der Waals surface area contributed by atoms with Crippen molar-refractivity contribution in [3.05, 3.63) is 29.6 Å². The number of hydrogen-bond acceptors (Lipinski definition) is 4. The Labute approximate surface area is 137 Å². The molecule has 1 aliphatic heterocycles. The smallest absolute Gasteiger partial charge is 0.253 e. The van der Waals surface area contributed by atoms with E-state index in [9.17, 15) is 9.18 Å². The first-order chi connectivity index (χ1) is 11.0. The van der Waals surface area contributed by atoms with Crippen LogP contribution in [0.4, 0.5) is 10.1 Å². The normalized spacial score (nSPS) is 17.2. The summed E-state index contributed by atoms with van der Waals surface area (Å²) >= 11 is 0. The maximum atomic E-state index is 14.5. The Bertz CT molecular complexity index is 543. The van der Waals surface area contributed by atoms with Crippen LogP contribution >= 0.6 is 0 Å². The van der Waals surface area contributed by atoms with Crippen molar-refractivity contribution < 1.29 is 9.18 Å². The number of rotatable bonds is 5. The summed E-state index contributed by atoms with van der Waals surface area (Å²) in [5, 5.41) is 0. The number of likely N-dealkylation sites (N-methyl/N-ethyl adjacent to an activating group) is 2. The Kier molecular flexibility index (Phi) is 5.96. The number of benzene rings is 1. The van der Waals surface area contributed by atoms with E-state index in [1.807, 2.05) is 11.8 Å². The Balaban J connectivity index is 2.10. The highest BCUT2D eigenvalue weighted by Gasteiger charge is 2.21. The van der Waals surface area contributed by atoms with Crippen LogP contribution in [-0.2, 0) is 0 Å². The molecule has 128 valence electrons. The van der Waals surface area contributed by atoms with Gasteiger partial charge in [-0.2, -0.15) is 0 Å². The van der Waals surface area contributed by atoms with Crippen molar-refractivity contribution in [1.29, 1.82) is 0 Å². The molecular weight excluding hydrogens is 295 g/mol.